The van der Waals surface area contributed by atoms with Crippen molar-refractivity contribution in [1.29, 1.82) is 5.26 Å². The number of nitrogen functional groups attached to an aromatic ring is 1. The van der Waals surface area contributed by atoms with Crippen LogP contribution in [0.5, 0.6) is 0 Å². The van der Waals surface area contributed by atoms with Gasteiger partial charge in [-0.05, 0) is 18.2 Å². The Labute approximate surface area is 110 Å². The Morgan fingerprint density at radius 1 is 1.56 bits per heavy atom. The molecular formula is C12H12ClN5. The summed E-state index contributed by atoms with van der Waals surface area (Å²) in [6.07, 6.45) is 1.70. The third kappa shape index (κ3) is 2.39. The van der Waals surface area contributed by atoms with Crippen LogP contribution in [0, 0.1) is 11.3 Å². The molecule has 0 amide bonds. The first-order valence-corrected chi connectivity index (χ1v) is 5.69. The number of aryl methyl sites for hydroxylation is 1. The van der Waals surface area contributed by atoms with Crippen molar-refractivity contribution >= 4 is 23.1 Å². The Morgan fingerprint density at radius 2 is 2.33 bits per heavy atom. The van der Waals surface area contributed by atoms with Gasteiger partial charge in [-0.25, -0.2) is 0 Å². The maximum absolute atomic E-state index is 9.01. The van der Waals surface area contributed by atoms with Crippen LogP contribution >= 0.6 is 11.6 Å². The summed E-state index contributed by atoms with van der Waals surface area (Å²) in [6, 6.07) is 7.22. The van der Waals surface area contributed by atoms with Gasteiger partial charge in [0.15, 0.2) is 0 Å². The first-order valence-electron chi connectivity index (χ1n) is 5.31. The summed E-state index contributed by atoms with van der Waals surface area (Å²) in [7, 11) is 1.78. The highest BCUT2D eigenvalue weighted by atomic mass is 35.5. The molecule has 2 aromatic rings. The van der Waals surface area contributed by atoms with Crippen LogP contribution in [-0.2, 0) is 13.6 Å². The van der Waals surface area contributed by atoms with E-state index >= 15 is 0 Å². The Bertz CT molecular complexity index is 611. The number of nitrogens with two attached hydrogens (primary N) is 1. The molecule has 6 heteroatoms. The zero-order chi connectivity index (χ0) is 13.1. The average Bonchev–Trinajstić information content (AvgIpc) is 2.68. The SMILES string of the molecule is Cn1ncc(CNc2ccc(Cl)cc2C#N)c1N. The number of nitrogens with zero attached hydrogens (tertiary/aromatic N) is 3. The molecule has 0 atom stereocenters. The predicted octanol–water partition coefficient (Wildman–Crippen LogP) is 2.14. The van der Waals surface area contributed by atoms with Crippen molar-refractivity contribution in [3.05, 3.63) is 40.5 Å². The van der Waals surface area contributed by atoms with Crippen LogP contribution in [0.15, 0.2) is 24.4 Å². The van der Waals surface area contributed by atoms with Gasteiger partial charge >= 0.3 is 0 Å². The molecule has 0 saturated carbocycles. The molecule has 18 heavy (non-hydrogen) atoms. The molecule has 92 valence electrons. The monoisotopic (exact) mass is 261 g/mol. The number of hydrogen-bond acceptors (Lipinski definition) is 4. The molecule has 1 aromatic heterocycles. The van der Waals surface area contributed by atoms with E-state index in [1.165, 1.54) is 0 Å². The van der Waals surface area contributed by atoms with Crippen LogP contribution in [0.25, 0.3) is 0 Å². The van der Waals surface area contributed by atoms with Crippen LogP contribution in [0.4, 0.5) is 11.5 Å². The molecule has 0 aliphatic heterocycles. The van der Waals surface area contributed by atoms with E-state index in [0.29, 0.717) is 22.9 Å². The van der Waals surface area contributed by atoms with E-state index in [4.69, 9.17) is 22.6 Å². The van der Waals surface area contributed by atoms with Crippen molar-refractivity contribution in [2.24, 2.45) is 7.05 Å². The standard InChI is InChI=1S/C12H12ClN5/c1-18-12(15)9(7-17-18)6-16-11-3-2-10(13)4-8(11)5-14/h2-4,7,16H,6,15H2,1H3. The lowest BCUT2D eigenvalue weighted by molar-refractivity contribution is 0.778. The zero-order valence-electron chi connectivity index (χ0n) is 9.81. The van der Waals surface area contributed by atoms with Gasteiger partial charge in [0.2, 0.25) is 0 Å². The molecule has 5 nitrogen and oxygen atoms in total. The zero-order valence-corrected chi connectivity index (χ0v) is 10.6. The number of nitrogens with one attached hydrogen (secondary N) is 1. The molecule has 0 spiro atoms. The Kier molecular flexibility index (Phi) is 3.40. The van der Waals surface area contributed by atoms with E-state index in [-0.39, 0.29) is 0 Å². The number of aromatic nitrogens is 2. The molecule has 2 rings (SSSR count). The van der Waals surface area contributed by atoms with Crippen molar-refractivity contribution in [2.75, 3.05) is 11.1 Å². The Balaban J connectivity index is 2.16. The predicted molar refractivity (Wildman–Crippen MR) is 71.1 cm³/mol. The third-order valence-corrected chi connectivity index (χ3v) is 2.87. The van der Waals surface area contributed by atoms with E-state index in [1.807, 2.05) is 0 Å². The van der Waals surface area contributed by atoms with Crippen molar-refractivity contribution in [1.82, 2.24) is 9.78 Å². The number of benzene rings is 1. The van der Waals surface area contributed by atoms with Gasteiger partial charge in [-0.3, -0.25) is 4.68 Å². The lowest BCUT2D eigenvalue weighted by Gasteiger charge is -2.08. The molecule has 0 bridgehead atoms. The van der Waals surface area contributed by atoms with Gasteiger partial charge in [0.05, 0.1) is 17.4 Å². The summed E-state index contributed by atoms with van der Waals surface area (Å²) in [5, 5.41) is 16.7. The maximum atomic E-state index is 9.01. The minimum Gasteiger partial charge on any atom is -0.384 e. The molecule has 0 fully saturated rings. The highest BCUT2D eigenvalue weighted by molar-refractivity contribution is 6.30. The fraction of sp³-hybridized carbons (Fsp3) is 0.167. The van der Waals surface area contributed by atoms with Gasteiger partial charge < -0.3 is 11.1 Å². The van der Waals surface area contributed by atoms with E-state index in [2.05, 4.69) is 16.5 Å². The number of rotatable bonds is 3. The number of anilines is 2. The molecule has 1 heterocycles. The summed E-state index contributed by atoms with van der Waals surface area (Å²) in [5.74, 6) is 0.606. The van der Waals surface area contributed by atoms with Crippen molar-refractivity contribution in [3.8, 4) is 6.07 Å². The van der Waals surface area contributed by atoms with E-state index in [9.17, 15) is 0 Å². The highest BCUT2D eigenvalue weighted by Gasteiger charge is 2.06. The van der Waals surface area contributed by atoms with Crippen LogP contribution in [0.3, 0.4) is 0 Å². The van der Waals surface area contributed by atoms with Crippen LogP contribution in [-0.4, -0.2) is 9.78 Å². The summed E-state index contributed by atoms with van der Waals surface area (Å²) >= 11 is 5.83. The Hall–Kier alpha value is -2.19. The fourth-order valence-electron chi connectivity index (χ4n) is 1.58. The topological polar surface area (TPSA) is 79.7 Å². The second kappa shape index (κ2) is 4.98. The molecule has 3 N–H and O–H groups in total. The molecule has 0 unspecified atom stereocenters. The van der Waals surface area contributed by atoms with Gasteiger partial charge in [-0.15, -0.1) is 0 Å². The third-order valence-electron chi connectivity index (χ3n) is 2.64. The van der Waals surface area contributed by atoms with E-state index in [0.717, 1.165) is 11.3 Å². The first-order chi connectivity index (χ1) is 8.61. The number of hydrogen-bond donors (Lipinski definition) is 2. The molecule has 0 saturated heterocycles. The summed E-state index contributed by atoms with van der Waals surface area (Å²) in [6.45, 7) is 0.510. The van der Waals surface area contributed by atoms with Gasteiger partial charge in [-0.2, -0.15) is 10.4 Å². The first kappa shape index (κ1) is 12.3. The van der Waals surface area contributed by atoms with Crippen molar-refractivity contribution in [2.45, 2.75) is 6.54 Å². The van der Waals surface area contributed by atoms with Gasteiger partial charge in [0.25, 0.3) is 0 Å². The molecule has 0 aliphatic rings. The number of halogens is 1. The minimum atomic E-state index is 0.505. The molecule has 1 aromatic carbocycles. The van der Waals surface area contributed by atoms with Gasteiger partial charge in [0, 0.05) is 24.2 Å². The second-order valence-electron chi connectivity index (χ2n) is 3.83. The van der Waals surface area contributed by atoms with Crippen molar-refractivity contribution < 1.29 is 0 Å². The Morgan fingerprint density at radius 3 is 2.94 bits per heavy atom. The molecule has 0 aliphatic carbocycles. The van der Waals surface area contributed by atoms with Crippen LogP contribution < -0.4 is 11.1 Å². The van der Waals surface area contributed by atoms with Gasteiger partial charge in [0.1, 0.15) is 11.9 Å². The smallest absolute Gasteiger partial charge is 0.126 e. The molecular weight excluding hydrogens is 250 g/mol. The van der Waals surface area contributed by atoms with Crippen LogP contribution in [0.2, 0.25) is 5.02 Å². The van der Waals surface area contributed by atoms with Crippen LogP contribution in [0.1, 0.15) is 11.1 Å². The fourth-order valence-corrected chi connectivity index (χ4v) is 1.75. The second-order valence-corrected chi connectivity index (χ2v) is 4.27. The quantitative estimate of drug-likeness (QED) is 0.887. The summed E-state index contributed by atoms with van der Waals surface area (Å²) in [4.78, 5) is 0. The lowest BCUT2D eigenvalue weighted by Crippen LogP contribution is -2.04. The van der Waals surface area contributed by atoms with E-state index < -0.39 is 0 Å². The highest BCUT2D eigenvalue weighted by Crippen LogP contribution is 2.21. The largest absolute Gasteiger partial charge is 0.384 e. The minimum absolute atomic E-state index is 0.505. The average molecular weight is 262 g/mol. The van der Waals surface area contributed by atoms with Gasteiger partial charge in [-0.1, -0.05) is 11.6 Å². The normalized spacial score (nSPS) is 10.1. The van der Waals surface area contributed by atoms with Crippen molar-refractivity contribution in [3.63, 3.8) is 0 Å². The molecule has 0 radical (unpaired) electrons. The maximum Gasteiger partial charge on any atom is 0.126 e. The number of nitriles is 1. The lowest BCUT2D eigenvalue weighted by atomic mass is 10.2. The van der Waals surface area contributed by atoms with E-state index in [1.54, 1.807) is 36.1 Å². The summed E-state index contributed by atoms with van der Waals surface area (Å²) in [5.41, 5.74) is 7.95. The summed E-state index contributed by atoms with van der Waals surface area (Å²) < 4.78 is 1.60.